The first kappa shape index (κ1) is 16.9. The van der Waals surface area contributed by atoms with E-state index in [1.54, 1.807) is 4.68 Å². The number of fused-ring (bicyclic) bond motifs is 1. The van der Waals surface area contributed by atoms with Crippen molar-refractivity contribution in [3.05, 3.63) is 48.2 Å². The van der Waals surface area contributed by atoms with Crippen molar-refractivity contribution in [3.8, 4) is 11.3 Å². The van der Waals surface area contributed by atoms with Crippen molar-refractivity contribution >= 4 is 16.9 Å². The van der Waals surface area contributed by atoms with Crippen LogP contribution in [0.25, 0.3) is 22.3 Å². The van der Waals surface area contributed by atoms with Gasteiger partial charge in [-0.15, -0.1) is 0 Å². The predicted octanol–water partition coefficient (Wildman–Crippen LogP) is 3.41. The first-order chi connectivity index (χ1) is 11.9. The molecule has 0 saturated heterocycles. The molecule has 2 aromatic heterocycles. The molecule has 1 amide bonds. The van der Waals surface area contributed by atoms with Gasteiger partial charge in [-0.25, -0.2) is 9.67 Å². The standard InChI is InChI=1S/C17H15F3N4O/c1-2-24-15-13(9-22-24)12(16(25)21-10-17(18,19)20)8-14(23-15)11-6-4-3-5-7-11/h3-9H,2,10H2,1H3,(H,21,25). The minimum absolute atomic E-state index is 0.118. The number of nitrogens with zero attached hydrogens (tertiary/aromatic N) is 3. The monoisotopic (exact) mass is 348 g/mol. The number of alkyl halides is 3. The number of benzene rings is 1. The van der Waals surface area contributed by atoms with Gasteiger partial charge in [0.15, 0.2) is 5.65 Å². The van der Waals surface area contributed by atoms with Crippen molar-refractivity contribution < 1.29 is 18.0 Å². The number of aryl methyl sites for hydroxylation is 1. The summed E-state index contributed by atoms with van der Waals surface area (Å²) in [6, 6.07) is 10.6. The summed E-state index contributed by atoms with van der Waals surface area (Å²) in [7, 11) is 0. The molecule has 2 heterocycles. The average Bonchev–Trinajstić information content (AvgIpc) is 3.02. The molecule has 0 aliphatic carbocycles. The van der Waals surface area contributed by atoms with Crippen molar-refractivity contribution in [1.82, 2.24) is 20.1 Å². The molecule has 0 unspecified atom stereocenters. The summed E-state index contributed by atoms with van der Waals surface area (Å²) in [5.41, 5.74) is 1.84. The van der Waals surface area contributed by atoms with Gasteiger partial charge in [-0.05, 0) is 13.0 Å². The molecule has 1 N–H and O–H groups in total. The van der Waals surface area contributed by atoms with Gasteiger partial charge in [0.1, 0.15) is 6.54 Å². The Morgan fingerprint density at radius 2 is 1.96 bits per heavy atom. The van der Waals surface area contributed by atoms with Crippen molar-refractivity contribution in [3.63, 3.8) is 0 Å². The van der Waals surface area contributed by atoms with E-state index in [9.17, 15) is 18.0 Å². The van der Waals surface area contributed by atoms with Gasteiger partial charge in [0, 0.05) is 12.1 Å². The van der Waals surface area contributed by atoms with E-state index in [1.165, 1.54) is 12.3 Å². The van der Waals surface area contributed by atoms with Crippen LogP contribution < -0.4 is 5.32 Å². The van der Waals surface area contributed by atoms with Crippen LogP contribution in [0.15, 0.2) is 42.6 Å². The summed E-state index contributed by atoms with van der Waals surface area (Å²) in [5, 5.41) is 6.48. The van der Waals surface area contributed by atoms with Crippen LogP contribution in [0.5, 0.6) is 0 Å². The van der Waals surface area contributed by atoms with Crippen LogP contribution in [0.4, 0.5) is 13.2 Å². The van der Waals surface area contributed by atoms with E-state index < -0.39 is 18.6 Å². The predicted molar refractivity (Wildman–Crippen MR) is 87.0 cm³/mol. The molecule has 3 aromatic rings. The van der Waals surface area contributed by atoms with Gasteiger partial charge in [0.2, 0.25) is 0 Å². The molecule has 0 saturated carbocycles. The fourth-order valence-electron chi connectivity index (χ4n) is 2.50. The number of rotatable bonds is 4. The molecule has 0 fully saturated rings. The lowest BCUT2D eigenvalue weighted by atomic mass is 10.1. The zero-order valence-electron chi connectivity index (χ0n) is 13.3. The zero-order valence-corrected chi connectivity index (χ0v) is 13.3. The van der Waals surface area contributed by atoms with Crippen LogP contribution in [-0.4, -0.2) is 33.4 Å². The molecule has 1 aromatic carbocycles. The topological polar surface area (TPSA) is 59.8 Å². The Kier molecular flexibility index (Phi) is 4.43. The first-order valence-electron chi connectivity index (χ1n) is 7.66. The SMILES string of the molecule is CCn1ncc2c(C(=O)NCC(F)(F)F)cc(-c3ccccc3)nc21. The maximum atomic E-state index is 12.4. The van der Waals surface area contributed by atoms with Gasteiger partial charge in [0.25, 0.3) is 5.91 Å². The molecule has 8 heteroatoms. The number of carbonyl (C=O) groups is 1. The molecule has 0 aliphatic heterocycles. The summed E-state index contributed by atoms with van der Waals surface area (Å²) < 4.78 is 38.8. The van der Waals surface area contributed by atoms with Crippen LogP contribution >= 0.6 is 0 Å². The minimum atomic E-state index is -4.47. The van der Waals surface area contributed by atoms with Gasteiger partial charge in [-0.3, -0.25) is 4.79 Å². The number of hydrogen-bond acceptors (Lipinski definition) is 3. The number of halogens is 3. The Hall–Kier alpha value is -2.90. The maximum Gasteiger partial charge on any atom is 0.405 e. The van der Waals surface area contributed by atoms with Gasteiger partial charge in [-0.1, -0.05) is 30.3 Å². The van der Waals surface area contributed by atoms with E-state index in [-0.39, 0.29) is 5.56 Å². The second-order valence-electron chi connectivity index (χ2n) is 5.42. The minimum Gasteiger partial charge on any atom is -0.343 e. The molecule has 0 spiro atoms. The molecule has 0 bridgehead atoms. The van der Waals surface area contributed by atoms with E-state index in [4.69, 9.17) is 0 Å². The molecular weight excluding hydrogens is 333 g/mol. The molecular formula is C17H15F3N4O. The van der Waals surface area contributed by atoms with Crippen LogP contribution in [0.2, 0.25) is 0 Å². The summed E-state index contributed by atoms with van der Waals surface area (Å²) in [5.74, 6) is -0.808. The molecule has 5 nitrogen and oxygen atoms in total. The summed E-state index contributed by atoms with van der Waals surface area (Å²) in [6.45, 7) is 1.00. The van der Waals surface area contributed by atoms with Crippen LogP contribution in [0.1, 0.15) is 17.3 Å². The van der Waals surface area contributed by atoms with E-state index in [2.05, 4.69) is 10.1 Å². The molecule has 25 heavy (non-hydrogen) atoms. The third-order valence-electron chi connectivity index (χ3n) is 3.67. The Labute approximate surface area is 141 Å². The smallest absolute Gasteiger partial charge is 0.343 e. The lowest BCUT2D eigenvalue weighted by Crippen LogP contribution is -2.33. The van der Waals surface area contributed by atoms with Crippen molar-refractivity contribution in [1.29, 1.82) is 0 Å². The van der Waals surface area contributed by atoms with Crippen molar-refractivity contribution in [2.45, 2.75) is 19.6 Å². The third-order valence-corrected chi connectivity index (χ3v) is 3.67. The maximum absolute atomic E-state index is 12.4. The number of hydrogen-bond donors (Lipinski definition) is 1. The quantitative estimate of drug-likeness (QED) is 0.786. The zero-order chi connectivity index (χ0) is 18.0. The van der Waals surface area contributed by atoms with Gasteiger partial charge in [0.05, 0.1) is 22.8 Å². The first-order valence-corrected chi connectivity index (χ1v) is 7.66. The largest absolute Gasteiger partial charge is 0.405 e. The van der Waals surface area contributed by atoms with Crippen molar-refractivity contribution in [2.75, 3.05) is 6.54 Å². The van der Waals surface area contributed by atoms with Crippen LogP contribution in [-0.2, 0) is 6.54 Å². The number of carbonyl (C=O) groups excluding carboxylic acids is 1. The number of aromatic nitrogens is 3. The lowest BCUT2D eigenvalue weighted by Gasteiger charge is -2.11. The highest BCUT2D eigenvalue weighted by molar-refractivity contribution is 6.06. The summed E-state index contributed by atoms with van der Waals surface area (Å²) in [6.07, 6.45) is -3.03. The fraction of sp³-hybridized carbons (Fsp3) is 0.235. The van der Waals surface area contributed by atoms with E-state index >= 15 is 0 Å². The molecule has 0 atom stereocenters. The number of nitrogens with one attached hydrogen (secondary N) is 1. The Morgan fingerprint density at radius 3 is 2.60 bits per heavy atom. The van der Waals surface area contributed by atoms with E-state index in [0.717, 1.165) is 5.56 Å². The highest BCUT2D eigenvalue weighted by atomic mass is 19.4. The van der Waals surface area contributed by atoms with Gasteiger partial charge < -0.3 is 5.32 Å². The normalized spacial score (nSPS) is 11.7. The Morgan fingerprint density at radius 1 is 1.24 bits per heavy atom. The molecule has 130 valence electrons. The van der Waals surface area contributed by atoms with Gasteiger partial charge >= 0.3 is 6.18 Å². The molecule has 0 radical (unpaired) electrons. The highest BCUT2D eigenvalue weighted by Gasteiger charge is 2.28. The molecule has 0 aliphatic rings. The van der Waals surface area contributed by atoms with E-state index in [0.29, 0.717) is 23.3 Å². The van der Waals surface area contributed by atoms with E-state index in [1.807, 2.05) is 42.6 Å². The second-order valence-corrected chi connectivity index (χ2v) is 5.42. The second kappa shape index (κ2) is 6.54. The summed E-state index contributed by atoms with van der Waals surface area (Å²) >= 11 is 0. The summed E-state index contributed by atoms with van der Waals surface area (Å²) in [4.78, 5) is 16.8. The number of pyridine rings is 1. The average molecular weight is 348 g/mol. The Bertz CT molecular complexity index is 903. The van der Waals surface area contributed by atoms with Gasteiger partial charge in [-0.2, -0.15) is 18.3 Å². The van der Waals surface area contributed by atoms with Crippen LogP contribution in [0, 0.1) is 0 Å². The molecule has 3 rings (SSSR count). The lowest BCUT2D eigenvalue weighted by molar-refractivity contribution is -0.123. The fourth-order valence-corrected chi connectivity index (χ4v) is 2.50. The Balaban J connectivity index is 2.10. The van der Waals surface area contributed by atoms with Crippen LogP contribution in [0.3, 0.4) is 0 Å². The highest BCUT2D eigenvalue weighted by Crippen LogP contribution is 2.25. The van der Waals surface area contributed by atoms with Crippen molar-refractivity contribution in [2.24, 2.45) is 0 Å². The third kappa shape index (κ3) is 3.62. The number of amides is 1.